The van der Waals surface area contributed by atoms with E-state index in [0.29, 0.717) is 23.9 Å². The number of ether oxygens (including phenoxy) is 1. The fraction of sp³-hybridized carbons (Fsp3) is 0.0714. The van der Waals surface area contributed by atoms with Gasteiger partial charge in [-0.2, -0.15) is 0 Å². The molecular weight excluding hydrogens is 458 g/mol. The first kappa shape index (κ1) is 22.5. The highest BCUT2D eigenvalue weighted by atomic mass is 35.5. The number of para-hydroxylation sites is 2. The maximum absolute atomic E-state index is 6.00. The van der Waals surface area contributed by atoms with Crippen LogP contribution in [0.1, 0.15) is 5.56 Å². The lowest BCUT2D eigenvalue weighted by Gasteiger charge is -2.14. The lowest BCUT2D eigenvalue weighted by atomic mass is 10.1. The molecule has 0 aliphatic carbocycles. The summed E-state index contributed by atoms with van der Waals surface area (Å²) in [5, 5.41) is 7.56. The van der Waals surface area contributed by atoms with Crippen molar-refractivity contribution in [2.24, 2.45) is 0 Å². The van der Waals surface area contributed by atoms with Crippen molar-refractivity contribution in [3.05, 3.63) is 108 Å². The van der Waals surface area contributed by atoms with Crippen LogP contribution in [-0.4, -0.2) is 16.5 Å². The molecule has 174 valence electrons. The molecule has 0 aliphatic rings. The van der Waals surface area contributed by atoms with Gasteiger partial charge in [0.2, 0.25) is 0 Å². The fourth-order valence-electron chi connectivity index (χ4n) is 3.60. The molecule has 4 aromatic carbocycles. The summed E-state index contributed by atoms with van der Waals surface area (Å²) in [6.07, 6.45) is 0.836. The Morgan fingerprint density at radius 2 is 1.31 bits per heavy atom. The van der Waals surface area contributed by atoms with Gasteiger partial charge < -0.3 is 21.1 Å². The lowest BCUT2D eigenvalue weighted by molar-refractivity contribution is 0.483. The van der Waals surface area contributed by atoms with Crippen LogP contribution in [0.3, 0.4) is 0 Å². The molecule has 5 rings (SSSR count). The van der Waals surface area contributed by atoms with Gasteiger partial charge in [-0.25, -0.2) is 9.97 Å². The van der Waals surface area contributed by atoms with Gasteiger partial charge in [-0.1, -0.05) is 35.9 Å². The molecule has 4 N–H and O–H groups in total. The number of nitrogens with zero attached hydrogens (tertiary/aromatic N) is 2. The summed E-state index contributed by atoms with van der Waals surface area (Å²) in [5.74, 6) is 2.81. The van der Waals surface area contributed by atoms with E-state index in [1.165, 1.54) is 5.56 Å². The molecule has 5 aromatic rings. The Bertz CT molecular complexity index is 1420. The quantitative estimate of drug-likeness (QED) is 0.206. The van der Waals surface area contributed by atoms with Gasteiger partial charge in [-0.05, 0) is 84.8 Å². The Hall–Kier alpha value is -4.29. The zero-order valence-electron chi connectivity index (χ0n) is 18.9. The fourth-order valence-corrected chi connectivity index (χ4v) is 3.73. The maximum atomic E-state index is 6.00. The molecule has 7 heteroatoms. The average Bonchev–Trinajstić information content (AvgIpc) is 2.88. The van der Waals surface area contributed by atoms with Gasteiger partial charge in [0.25, 0.3) is 0 Å². The number of aromatic nitrogens is 2. The minimum atomic E-state index is 0.659. The summed E-state index contributed by atoms with van der Waals surface area (Å²) in [5.41, 5.74) is 10.2. The molecule has 0 atom stereocenters. The van der Waals surface area contributed by atoms with Crippen LogP contribution in [0.4, 0.5) is 23.0 Å². The van der Waals surface area contributed by atoms with Gasteiger partial charge in [-0.3, -0.25) is 0 Å². The van der Waals surface area contributed by atoms with Crippen LogP contribution in [0.2, 0.25) is 5.02 Å². The largest absolute Gasteiger partial charge is 0.457 e. The normalized spacial score (nSPS) is 10.8. The zero-order valence-corrected chi connectivity index (χ0v) is 19.7. The summed E-state index contributed by atoms with van der Waals surface area (Å²) in [4.78, 5) is 9.61. The number of fused-ring (bicyclic) bond motifs is 1. The predicted octanol–water partition coefficient (Wildman–Crippen LogP) is 7.06. The SMILES string of the molecule is Nc1ccc(Oc2ccc(Nc3nc4ccccc4nc3NCCc3ccc(Cl)cc3)cc2)cc1. The van der Waals surface area contributed by atoms with Crippen LogP contribution < -0.4 is 21.1 Å². The summed E-state index contributed by atoms with van der Waals surface area (Å²) in [6.45, 7) is 0.706. The highest BCUT2D eigenvalue weighted by molar-refractivity contribution is 6.30. The number of benzene rings is 4. The molecule has 0 spiro atoms. The van der Waals surface area contributed by atoms with Crippen molar-refractivity contribution >= 4 is 45.6 Å². The number of hydrogen-bond donors (Lipinski definition) is 3. The van der Waals surface area contributed by atoms with Crippen LogP contribution >= 0.6 is 11.6 Å². The van der Waals surface area contributed by atoms with Crippen molar-refractivity contribution in [2.75, 3.05) is 22.9 Å². The van der Waals surface area contributed by atoms with Gasteiger partial charge >= 0.3 is 0 Å². The number of halogens is 1. The number of nitrogens with one attached hydrogen (secondary N) is 2. The van der Waals surface area contributed by atoms with Crippen molar-refractivity contribution in [1.29, 1.82) is 0 Å². The van der Waals surface area contributed by atoms with Crippen molar-refractivity contribution in [1.82, 2.24) is 9.97 Å². The van der Waals surface area contributed by atoms with Crippen LogP contribution in [0.5, 0.6) is 11.5 Å². The number of nitrogens with two attached hydrogens (primary N) is 1. The molecule has 0 unspecified atom stereocenters. The van der Waals surface area contributed by atoms with Crippen molar-refractivity contribution in [3.8, 4) is 11.5 Å². The van der Waals surface area contributed by atoms with E-state index >= 15 is 0 Å². The van der Waals surface area contributed by atoms with Gasteiger partial charge in [0.1, 0.15) is 11.5 Å². The van der Waals surface area contributed by atoms with E-state index < -0.39 is 0 Å². The molecule has 0 saturated carbocycles. The van der Waals surface area contributed by atoms with E-state index in [0.717, 1.165) is 39.7 Å². The molecule has 0 bridgehead atoms. The first-order valence-electron chi connectivity index (χ1n) is 11.3. The van der Waals surface area contributed by atoms with Crippen molar-refractivity contribution in [3.63, 3.8) is 0 Å². The van der Waals surface area contributed by atoms with Crippen molar-refractivity contribution in [2.45, 2.75) is 6.42 Å². The summed E-state index contributed by atoms with van der Waals surface area (Å²) < 4.78 is 5.89. The minimum absolute atomic E-state index is 0.659. The van der Waals surface area contributed by atoms with Crippen molar-refractivity contribution < 1.29 is 4.74 Å². The van der Waals surface area contributed by atoms with E-state index in [4.69, 9.17) is 32.0 Å². The third-order valence-corrected chi connectivity index (χ3v) is 5.67. The zero-order chi connectivity index (χ0) is 24.0. The highest BCUT2D eigenvalue weighted by Crippen LogP contribution is 2.28. The molecular formula is C28H24ClN5O. The molecule has 0 amide bonds. The van der Waals surface area contributed by atoms with Gasteiger partial charge in [-0.15, -0.1) is 0 Å². The number of anilines is 4. The summed E-state index contributed by atoms with van der Waals surface area (Å²) >= 11 is 6.00. The minimum Gasteiger partial charge on any atom is -0.457 e. The molecule has 0 aliphatic heterocycles. The molecule has 6 nitrogen and oxygen atoms in total. The van der Waals surface area contributed by atoms with E-state index in [1.54, 1.807) is 0 Å². The Morgan fingerprint density at radius 3 is 1.97 bits per heavy atom. The third kappa shape index (κ3) is 5.80. The van der Waals surface area contributed by atoms with Gasteiger partial charge in [0, 0.05) is 22.9 Å². The molecule has 35 heavy (non-hydrogen) atoms. The maximum Gasteiger partial charge on any atom is 0.174 e. The monoisotopic (exact) mass is 481 g/mol. The van der Waals surface area contributed by atoms with E-state index in [1.807, 2.05) is 97.1 Å². The molecule has 0 saturated heterocycles. The second kappa shape index (κ2) is 10.3. The third-order valence-electron chi connectivity index (χ3n) is 5.42. The second-order valence-electron chi connectivity index (χ2n) is 8.03. The first-order valence-corrected chi connectivity index (χ1v) is 11.7. The Morgan fingerprint density at radius 1 is 0.714 bits per heavy atom. The second-order valence-corrected chi connectivity index (χ2v) is 8.47. The van der Waals surface area contributed by atoms with Crippen LogP contribution in [0.25, 0.3) is 11.0 Å². The summed E-state index contributed by atoms with van der Waals surface area (Å²) in [6, 6.07) is 30.7. The standard InChI is InChI=1S/C28H24ClN5O/c29-20-7-5-19(6-8-20)17-18-31-27-28(34-26-4-2-1-3-25(26)33-27)32-22-11-15-24(16-12-22)35-23-13-9-21(30)10-14-23/h1-16H,17-18,30H2,(H,31,33)(H,32,34). The van der Waals surface area contributed by atoms with E-state index in [9.17, 15) is 0 Å². The van der Waals surface area contributed by atoms with E-state index in [2.05, 4.69) is 10.6 Å². The average molecular weight is 482 g/mol. The van der Waals surface area contributed by atoms with Crippen LogP contribution in [-0.2, 0) is 6.42 Å². The van der Waals surface area contributed by atoms with Crippen LogP contribution in [0.15, 0.2) is 97.1 Å². The Balaban J connectivity index is 1.32. The predicted molar refractivity (Wildman–Crippen MR) is 144 cm³/mol. The van der Waals surface area contributed by atoms with E-state index in [-0.39, 0.29) is 0 Å². The molecule has 0 fully saturated rings. The van der Waals surface area contributed by atoms with Crippen LogP contribution in [0, 0.1) is 0 Å². The number of nitrogen functional groups attached to an aromatic ring is 1. The Kier molecular flexibility index (Phi) is 6.63. The van der Waals surface area contributed by atoms with Gasteiger partial charge in [0.05, 0.1) is 11.0 Å². The number of rotatable bonds is 8. The molecule has 1 heterocycles. The summed E-state index contributed by atoms with van der Waals surface area (Å²) in [7, 11) is 0. The number of hydrogen-bond acceptors (Lipinski definition) is 6. The smallest absolute Gasteiger partial charge is 0.174 e. The Labute approximate surface area is 208 Å². The topological polar surface area (TPSA) is 85.1 Å². The van der Waals surface area contributed by atoms with Gasteiger partial charge in [0.15, 0.2) is 11.6 Å². The lowest BCUT2D eigenvalue weighted by Crippen LogP contribution is -2.10. The molecule has 0 radical (unpaired) electrons. The highest BCUT2D eigenvalue weighted by Gasteiger charge is 2.10. The first-order chi connectivity index (χ1) is 17.1. The molecule has 1 aromatic heterocycles.